The van der Waals surface area contributed by atoms with E-state index in [0.717, 1.165) is 30.6 Å². The highest BCUT2D eigenvalue weighted by Crippen LogP contribution is 2.26. The molecule has 0 radical (unpaired) electrons. The van der Waals surface area contributed by atoms with Crippen LogP contribution in [0, 0.1) is 0 Å². The highest BCUT2D eigenvalue weighted by Gasteiger charge is 2.22. The predicted molar refractivity (Wildman–Crippen MR) is 78.9 cm³/mol. The number of carbonyl (C=O) groups excluding carboxylic acids is 1. The van der Waals surface area contributed by atoms with Gasteiger partial charge in [-0.15, -0.1) is 11.3 Å². The number of benzene rings is 1. The first-order chi connectivity index (χ1) is 9.72. The largest absolute Gasteiger partial charge is 0.508 e. The number of nitrogens with one attached hydrogen (secondary N) is 2. The number of anilines is 1. The Bertz CT molecular complexity index is 603. The van der Waals surface area contributed by atoms with E-state index < -0.39 is 0 Å². The number of hydrogen-bond donors (Lipinski definition) is 3. The van der Waals surface area contributed by atoms with Gasteiger partial charge < -0.3 is 15.7 Å². The molecule has 3 rings (SSSR count). The third-order valence-electron chi connectivity index (χ3n) is 3.27. The molecule has 1 aliphatic heterocycles. The lowest BCUT2D eigenvalue weighted by Gasteiger charge is -2.08. The zero-order valence-corrected chi connectivity index (χ0v) is 11.6. The molecule has 0 saturated carbocycles. The monoisotopic (exact) mass is 289 g/mol. The summed E-state index contributed by atoms with van der Waals surface area (Å²) in [6.45, 7) is 0.898. The maximum atomic E-state index is 12.0. The van der Waals surface area contributed by atoms with E-state index >= 15 is 0 Å². The SMILES string of the molecule is O=C(Nc1nc(-c2ccc(O)cc2)cs1)C1CCCN1. The molecule has 3 N–H and O–H groups in total. The van der Waals surface area contributed by atoms with Crippen molar-refractivity contribution < 1.29 is 9.90 Å². The number of rotatable bonds is 3. The van der Waals surface area contributed by atoms with E-state index in [1.165, 1.54) is 11.3 Å². The minimum Gasteiger partial charge on any atom is -0.508 e. The maximum Gasteiger partial charge on any atom is 0.243 e. The predicted octanol–water partition coefficient (Wildman–Crippen LogP) is 2.21. The summed E-state index contributed by atoms with van der Waals surface area (Å²) in [5, 5.41) is 17.8. The highest BCUT2D eigenvalue weighted by molar-refractivity contribution is 7.14. The van der Waals surface area contributed by atoms with Crippen LogP contribution in [0.3, 0.4) is 0 Å². The van der Waals surface area contributed by atoms with Crippen molar-refractivity contribution in [3.8, 4) is 17.0 Å². The molecule has 1 aromatic heterocycles. The molecule has 1 amide bonds. The molecule has 0 spiro atoms. The topological polar surface area (TPSA) is 74.2 Å². The molecule has 1 unspecified atom stereocenters. The molecule has 104 valence electrons. The molecular formula is C14H15N3O2S. The number of nitrogens with zero attached hydrogens (tertiary/aromatic N) is 1. The van der Waals surface area contributed by atoms with E-state index in [0.29, 0.717) is 5.13 Å². The molecular weight excluding hydrogens is 274 g/mol. The van der Waals surface area contributed by atoms with Gasteiger partial charge in [0.2, 0.25) is 5.91 Å². The number of thiazole rings is 1. The highest BCUT2D eigenvalue weighted by atomic mass is 32.1. The first-order valence-electron chi connectivity index (χ1n) is 6.51. The Morgan fingerprint density at radius 2 is 2.20 bits per heavy atom. The molecule has 2 aromatic rings. The van der Waals surface area contributed by atoms with E-state index in [9.17, 15) is 9.90 Å². The van der Waals surface area contributed by atoms with Crippen LogP contribution < -0.4 is 10.6 Å². The quantitative estimate of drug-likeness (QED) is 0.810. The number of carbonyl (C=O) groups is 1. The molecule has 1 fully saturated rings. The maximum absolute atomic E-state index is 12.0. The Hall–Kier alpha value is -1.92. The fourth-order valence-electron chi connectivity index (χ4n) is 2.20. The van der Waals surface area contributed by atoms with Gasteiger partial charge in [0.05, 0.1) is 11.7 Å². The van der Waals surface area contributed by atoms with Gasteiger partial charge in [0, 0.05) is 10.9 Å². The van der Waals surface area contributed by atoms with Crippen molar-refractivity contribution in [2.75, 3.05) is 11.9 Å². The number of phenols is 1. The summed E-state index contributed by atoms with van der Waals surface area (Å²) in [7, 11) is 0. The van der Waals surface area contributed by atoms with Crippen LogP contribution in [-0.4, -0.2) is 28.6 Å². The average molecular weight is 289 g/mol. The molecule has 0 aliphatic carbocycles. The molecule has 5 nitrogen and oxygen atoms in total. The molecule has 1 saturated heterocycles. The second kappa shape index (κ2) is 5.60. The van der Waals surface area contributed by atoms with Crippen molar-refractivity contribution in [3.05, 3.63) is 29.6 Å². The first kappa shape index (κ1) is 13.1. The van der Waals surface area contributed by atoms with Gasteiger partial charge in [-0.3, -0.25) is 4.79 Å². The summed E-state index contributed by atoms with van der Waals surface area (Å²) in [6, 6.07) is 6.74. The first-order valence-corrected chi connectivity index (χ1v) is 7.39. The van der Waals surface area contributed by atoms with Gasteiger partial charge >= 0.3 is 0 Å². The van der Waals surface area contributed by atoms with Crippen molar-refractivity contribution in [1.82, 2.24) is 10.3 Å². The lowest BCUT2D eigenvalue weighted by Crippen LogP contribution is -2.35. The summed E-state index contributed by atoms with van der Waals surface area (Å²) >= 11 is 1.40. The van der Waals surface area contributed by atoms with Crippen LogP contribution in [-0.2, 0) is 4.79 Å². The molecule has 2 heterocycles. The van der Waals surface area contributed by atoms with Gasteiger partial charge in [-0.05, 0) is 43.7 Å². The Morgan fingerprint density at radius 1 is 1.40 bits per heavy atom. The number of aromatic hydroxyl groups is 1. The van der Waals surface area contributed by atoms with Crippen molar-refractivity contribution in [2.24, 2.45) is 0 Å². The van der Waals surface area contributed by atoms with Crippen LogP contribution in [0.25, 0.3) is 11.3 Å². The summed E-state index contributed by atoms with van der Waals surface area (Å²) in [6.07, 6.45) is 1.91. The van der Waals surface area contributed by atoms with Crippen LogP contribution in [0.2, 0.25) is 0 Å². The fourth-order valence-corrected chi connectivity index (χ4v) is 2.92. The molecule has 0 bridgehead atoms. The van der Waals surface area contributed by atoms with Gasteiger partial charge in [0.25, 0.3) is 0 Å². The van der Waals surface area contributed by atoms with E-state index in [1.807, 2.05) is 5.38 Å². The zero-order chi connectivity index (χ0) is 13.9. The van der Waals surface area contributed by atoms with Gasteiger partial charge in [-0.2, -0.15) is 0 Å². The lowest BCUT2D eigenvalue weighted by molar-refractivity contribution is -0.117. The molecule has 1 aromatic carbocycles. The van der Waals surface area contributed by atoms with Crippen LogP contribution in [0.5, 0.6) is 5.75 Å². The fraction of sp³-hybridized carbons (Fsp3) is 0.286. The van der Waals surface area contributed by atoms with Crippen molar-refractivity contribution in [2.45, 2.75) is 18.9 Å². The zero-order valence-electron chi connectivity index (χ0n) is 10.8. The Labute approximate surface area is 120 Å². The van der Waals surface area contributed by atoms with E-state index in [-0.39, 0.29) is 17.7 Å². The Kier molecular flexibility index (Phi) is 3.66. The number of amides is 1. The van der Waals surface area contributed by atoms with Crippen LogP contribution >= 0.6 is 11.3 Å². The van der Waals surface area contributed by atoms with E-state index in [4.69, 9.17) is 0 Å². The summed E-state index contributed by atoms with van der Waals surface area (Å²) in [4.78, 5) is 16.4. The minimum atomic E-state index is -0.101. The second-order valence-electron chi connectivity index (χ2n) is 4.72. The third-order valence-corrected chi connectivity index (χ3v) is 4.03. The molecule has 20 heavy (non-hydrogen) atoms. The summed E-state index contributed by atoms with van der Waals surface area (Å²) < 4.78 is 0. The number of hydrogen-bond acceptors (Lipinski definition) is 5. The molecule has 1 aliphatic rings. The van der Waals surface area contributed by atoms with Crippen molar-refractivity contribution in [1.29, 1.82) is 0 Å². The third kappa shape index (κ3) is 2.81. The van der Waals surface area contributed by atoms with Crippen molar-refractivity contribution >= 4 is 22.4 Å². The summed E-state index contributed by atoms with van der Waals surface area (Å²) in [5.74, 6) is 0.207. The molecule has 1 atom stereocenters. The van der Waals surface area contributed by atoms with Crippen LogP contribution in [0.15, 0.2) is 29.6 Å². The number of phenolic OH excluding ortho intramolecular Hbond substituents is 1. The normalized spacial score (nSPS) is 18.1. The van der Waals surface area contributed by atoms with Gasteiger partial charge in [0.1, 0.15) is 5.75 Å². The summed E-state index contributed by atoms with van der Waals surface area (Å²) in [5.41, 5.74) is 1.71. The second-order valence-corrected chi connectivity index (χ2v) is 5.58. The molecule has 6 heteroatoms. The average Bonchev–Trinajstić information content (AvgIpc) is 3.10. The number of aromatic nitrogens is 1. The van der Waals surface area contributed by atoms with Gasteiger partial charge in [-0.25, -0.2) is 4.98 Å². The van der Waals surface area contributed by atoms with Crippen molar-refractivity contribution in [3.63, 3.8) is 0 Å². The lowest BCUT2D eigenvalue weighted by atomic mass is 10.2. The van der Waals surface area contributed by atoms with E-state index in [1.54, 1.807) is 24.3 Å². The standard InChI is InChI=1S/C14H15N3O2S/c18-10-5-3-9(4-6-10)12-8-20-14(16-12)17-13(19)11-2-1-7-15-11/h3-6,8,11,15,18H,1-2,7H2,(H,16,17,19). The smallest absolute Gasteiger partial charge is 0.243 e. The van der Waals surface area contributed by atoms with Crippen LogP contribution in [0.1, 0.15) is 12.8 Å². The van der Waals surface area contributed by atoms with Crippen LogP contribution in [0.4, 0.5) is 5.13 Å². The van der Waals surface area contributed by atoms with E-state index in [2.05, 4.69) is 15.6 Å². The Morgan fingerprint density at radius 3 is 2.90 bits per heavy atom. The van der Waals surface area contributed by atoms with Gasteiger partial charge in [0.15, 0.2) is 5.13 Å². The minimum absolute atomic E-state index is 0.0193. The Balaban J connectivity index is 1.70. The van der Waals surface area contributed by atoms with Gasteiger partial charge in [-0.1, -0.05) is 0 Å².